The molecule has 16 aromatic rings. The Bertz CT molecular complexity index is 5730. The molecule has 0 bridgehead atoms. The van der Waals surface area contributed by atoms with E-state index in [9.17, 15) is 0 Å². The molecule has 0 spiro atoms. The molecule has 0 radical (unpaired) electrons. The Morgan fingerprint density at radius 2 is 0.516 bits per heavy atom. The Morgan fingerprint density at radius 3 is 0.968 bits per heavy atom. The molecule has 3 aliphatic heterocycles. The number of halogens is 3. The number of aromatic nitrogens is 3. The van der Waals surface area contributed by atoms with Crippen molar-refractivity contribution in [1.29, 1.82) is 0 Å². The highest BCUT2D eigenvalue weighted by Gasteiger charge is 2.39. The van der Waals surface area contributed by atoms with E-state index in [1.807, 2.05) is 0 Å². The first-order chi connectivity index (χ1) is 45.1. The summed E-state index contributed by atoms with van der Waals surface area (Å²) in [6, 6.07) is 102. The second-order valence-electron chi connectivity index (χ2n) is 26.9. The van der Waals surface area contributed by atoms with E-state index in [0.29, 0.717) is 0 Å². The maximum atomic E-state index is 3.74. The van der Waals surface area contributed by atoms with E-state index in [1.54, 1.807) is 0 Å². The molecular weight excluding hydrogens is 1330 g/mol. The summed E-state index contributed by atoms with van der Waals surface area (Å²) in [6.45, 7) is 14.1. The summed E-state index contributed by atoms with van der Waals surface area (Å²) in [5.41, 5.74) is 29.7. The Kier molecular flexibility index (Phi) is 13.4. The van der Waals surface area contributed by atoms with E-state index in [-0.39, 0.29) is 16.2 Å². The highest BCUT2D eigenvalue weighted by Crippen LogP contribution is 2.53. The Balaban J connectivity index is 0.000000108. The van der Waals surface area contributed by atoms with Crippen LogP contribution in [0.25, 0.3) is 127 Å². The van der Waals surface area contributed by atoms with Crippen LogP contribution in [0, 0.1) is 0 Å². The van der Waals surface area contributed by atoms with Crippen molar-refractivity contribution in [3.8, 4) is 61.6 Å². The minimum absolute atomic E-state index is 0.0275. The molecular formula is C87H64Br3N3. The number of rotatable bonds is 4. The predicted molar refractivity (Wildman–Crippen MR) is 404 cm³/mol. The van der Waals surface area contributed by atoms with Gasteiger partial charge in [0.05, 0.1) is 50.2 Å². The molecule has 0 aliphatic carbocycles. The molecule has 0 N–H and O–H groups in total. The highest BCUT2D eigenvalue weighted by atomic mass is 79.9. The molecule has 19 rings (SSSR count). The topological polar surface area (TPSA) is 14.8 Å². The summed E-state index contributed by atoms with van der Waals surface area (Å²) in [5, 5.41) is 7.84. The van der Waals surface area contributed by atoms with Crippen LogP contribution < -0.4 is 0 Å². The van der Waals surface area contributed by atoms with Crippen molar-refractivity contribution in [3.05, 3.63) is 326 Å². The molecule has 448 valence electrons. The third-order valence-corrected chi connectivity index (χ3v) is 21.9. The van der Waals surface area contributed by atoms with Crippen LogP contribution in [0.1, 0.15) is 74.9 Å². The normalized spacial score (nSPS) is 14.1. The number of hydrogen-bond donors (Lipinski definition) is 0. The molecule has 0 unspecified atom stereocenters. The van der Waals surface area contributed by atoms with E-state index in [4.69, 9.17) is 0 Å². The third kappa shape index (κ3) is 8.99. The maximum absolute atomic E-state index is 3.74. The van der Waals surface area contributed by atoms with Crippen LogP contribution in [0.2, 0.25) is 0 Å². The molecule has 3 aromatic heterocycles. The van der Waals surface area contributed by atoms with E-state index in [1.165, 1.54) is 160 Å². The van der Waals surface area contributed by atoms with Gasteiger partial charge < -0.3 is 13.7 Å². The van der Waals surface area contributed by atoms with Gasteiger partial charge in [-0.25, -0.2) is 0 Å². The number of benzene rings is 13. The van der Waals surface area contributed by atoms with Gasteiger partial charge >= 0.3 is 0 Å². The Hall–Kier alpha value is -9.30. The van der Waals surface area contributed by atoms with E-state index < -0.39 is 0 Å². The molecule has 3 aliphatic rings. The maximum Gasteiger partial charge on any atom is 0.0582 e. The summed E-state index contributed by atoms with van der Waals surface area (Å²) in [7, 11) is 0. The van der Waals surface area contributed by atoms with Gasteiger partial charge in [-0.05, 0) is 187 Å². The molecule has 0 atom stereocenters. The molecule has 93 heavy (non-hydrogen) atoms. The standard InChI is InChI=1S/C33H24BrN.C33H25N.C21H15Br2N/c1-33(2)28-20-25(34)14-16-31(28)35-30-15-13-23(21-9-5-3-6-10-21)17-26(30)27-18-24(19-29(33)32(27)35)22-11-7-4-8-12-22;1-33(2)28-15-9-10-16-31(28)34-30-18-17-24(22-11-5-3-6-12-22)19-26(30)27-20-25(21-29(33)32(27)34)23-13-7-4-8-14-23;1-21(2)16-5-3-4-6-19(16)24-18-8-7-12(22)9-14(18)15-10-13(23)11-17(21)20(15)24/h3-20H,1-2H3;3-21H,1-2H3;3-11H,1-2H3. The molecule has 0 amide bonds. The average molecular weight is 1390 g/mol. The second kappa shape index (κ2) is 21.6. The Labute approximate surface area is 567 Å². The van der Waals surface area contributed by atoms with Crippen molar-refractivity contribution in [3.63, 3.8) is 0 Å². The summed E-state index contributed by atoms with van der Waals surface area (Å²) in [5.74, 6) is 0. The lowest BCUT2D eigenvalue weighted by Crippen LogP contribution is -2.26. The van der Waals surface area contributed by atoms with Crippen LogP contribution in [-0.4, -0.2) is 13.7 Å². The number of para-hydroxylation sites is 2. The zero-order chi connectivity index (χ0) is 63.2. The number of nitrogens with zero attached hydrogens (tertiary/aromatic N) is 3. The van der Waals surface area contributed by atoms with Gasteiger partial charge in [-0.1, -0.05) is 259 Å². The second-order valence-corrected chi connectivity index (χ2v) is 29.6. The van der Waals surface area contributed by atoms with Crippen molar-refractivity contribution in [1.82, 2.24) is 13.7 Å². The lowest BCUT2D eigenvalue weighted by atomic mass is 9.74. The summed E-state index contributed by atoms with van der Waals surface area (Å²) < 4.78 is 10.8. The van der Waals surface area contributed by atoms with Gasteiger partial charge in [-0.2, -0.15) is 0 Å². The van der Waals surface area contributed by atoms with E-state index in [2.05, 4.69) is 382 Å². The van der Waals surface area contributed by atoms with E-state index in [0.717, 1.165) is 13.4 Å². The van der Waals surface area contributed by atoms with Gasteiger partial charge in [0.2, 0.25) is 0 Å². The largest absolute Gasteiger partial charge is 0.309 e. The molecule has 6 heterocycles. The molecule has 0 saturated heterocycles. The minimum Gasteiger partial charge on any atom is -0.309 e. The highest BCUT2D eigenvalue weighted by molar-refractivity contribution is 9.11. The number of fused-ring (bicyclic) bond motifs is 15. The third-order valence-electron chi connectivity index (χ3n) is 20.5. The van der Waals surface area contributed by atoms with Crippen molar-refractivity contribution >= 4 is 113 Å². The van der Waals surface area contributed by atoms with Crippen molar-refractivity contribution in [2.45, 2.75) is 57.8 Å². The fourth-order valence-electron chi connectivity index (χ4n) is 15.8. The van der Waals surface area contributed by atoms with Gasteiger partial charge in [-0.3, -0.25) is 0 Å². The molecule has 6 heteroatoms. The quantitative estimate of drug-likeness (QED) is 0.167. The van der Waals surface area contributed by atoms with Crippen LogP contribution in [0.5, 0.6) is 0 Å². The monoisotopic (exact) mass is 1390 g/mol. The van der Waals surface area contributed by atoms with E-state index >= 15 is 0 Å². The SMILES string of the molecule is CC1(C)c2cc(Br)ccc2-n2c3ccc(-c4ccccc4)cc3c3cc(-c4ccccc4)cc1c32.CC1(C)c2ccccc2-n2c3ccc(-c4ccccc4)cc3c3cc(-c4ccccc4)cc1c32.CC1(C)c2ccccc2-n2c3ccc(Br)cc3c3cc(Br)cc1c32. The van der Waals surface area contributed by atoms with Crippen LogP contribution in [-0.2, 0) is 16.2 Å². The van der Waals surface area contributed by atoms with Gasteiger partial charge in [0, 0.05) is 62.0 Å². The van der Waals surface area contributed by atoms with Crippen molar-refractivity contribution in [2.75, 3.05) is 0 Å². The van der Waals surface area contributed by atoms with Gasteiger partial charge in [-0.15, -0.1) is 0 Å². The smallest absolute Gasteiger partial charge is 0.0582 e. The van der Waals surface area contributed by atoms with Gasteiger partial charge in [0.25, 0.3) is 0 Å². The van der Waals surface area contributed by atoms with Gasteiger partial charge in [0.1, 0.15) is 0 Å². The van der Waals surface area contributed by atoms with Crippen LogP contribution in [0.4, 0.5) is 0 Å². The summed E-state index contributed by atoms with van der Waals surface area (Å²) >= 11 is 11.1. The lowest BCUT2D eigenvalue weighted by Gasteiger charge is -2.35. The summed E-state index contributed by atoms with van der Waals surface area (Å²) in [4.78, 5) is 0. The fraction of sp³-hybridized carbons (Fsp3) is 0.103. The van der Waals surface area contributed by atoms with Gasteiger partial charge in [0.15, 0.2) is 0 Å². The Morgan fingerprint density at radius 1 is 0.215 bits per heavy atom. The summed E-state index contributed by atoms with van der Waals surface area (Å²) in [6.07, 6.45) is 0. The first-order valence-corrected chi connectivity index (χ1v) is 34.4. The first-order valence-electron chi connectivity index (χ1n) is 32.0. The molecule has 0 fully saturated rings. The first kappa shape index (κ1) is 57.6. The van der Waals surface area contributed by atoms with Crippen LogP contribution in [0.15, 0.2) is 292 Å². The van der Waals surface area contributed by atoms with Crippen LogP contribution >= 0.6 is 47.8 Å². The molecule has 3 nitrogen and oxygen atoms in total. The molecule has 0 saturated carbocycles. The lowest BCUT2D eigenvalue weighted by molar-refractivity contribution is 0.629. The average Bonchev–Trinajstić information content (AvgIpc) is 1.60. The van der Waals surface area contributed by atoms with Crippen molar-refractivity contribution in [2.24, 2.45) is 0 Å². The minimum atomic E-state index is -0.130. The fourth-order valence-corrected chi connectivity index (χ4v) is 17.0. The number of hydrogen-bond acceptors (Lipinski definition) is 0. The zero-order valence-electron chi connectivity index (χ0n) is 52.5. The van der Waals surface area contributed by atoms with Crippen molar-refractivity contribution < 1.29 is 0 Å². The predicted octanol–water partition coefficient (Wildman–Crippen LogP) is 25.2. The zero-order valence-corrected chi connectivity index (χ0v) is 57.3. The van der Waals surface area contributed by atoms with Crippen LogP contribution in [0.3, 0.4) is 0 Å². The molecule has 13 aromatic carbocycles.